The maximum absolute atomic E-state index is 11.8. The first-order chi connectivity index (χ1) is 10.7. The number of aryl methyl sites for hydroxylation is 1. The molecule has 6 heteroatoms. The third-order valence-corrected chi connectivity index (χ3v) is 5.40. The lowest BCUT2D eigenvalue weighted by Crippen LogP contribution is -2.44. The van der Waals surface area contributed by atoms with Gasteiger partial charge >= 0.3 is 5.97 Å². The van der Waals surface area contributed by atoms with E-state index in [9.17, 15) is 4.79 Å². The Kier molecular flexibility index (Phi) is 5.68. The van der Waals surface area contributed by atoms with Crippen LogP contribution in [0.25, 0.3) is 0 Å². The maximum atomic E-state index is 11.8. The molecular weight excluding hydrogens is 328 g/mol. The number of ether oxygens (including phenoxy) is 1. The number of thiocarbonyl (C=S) groups is 1. The first-order valence-corrected chi connectivity index (χ1v) is 9.19. The monoisotopic (exact) mass is 354 g/mol. The van der Waals surface area contributed by atoms with Crippen molar-refractivity contribution in [1.29, 1.82) is 0 Å². The van der Waals surface area contributed by atoms with Crippen molar-refractivity contribution in [1.82, 2.24) is 5.32 Å². The highest BCUT2D eigenvalue weighted by Crippen LogP contribution is 2.38. The van der Waals surface area contributed by atoms with Crippen molar-refractivity contribution in [3.63, 3.8) is 0 Å². The minimum Gasteiger partial charge on any atom is -0.465 e. The fraction of sp³-hybridized carbons (Fsp3) is 0.647. The maximum Gasteiger partial charge on any atom is 0.340 e. The van der Waals surface area contributed by atoms with Crippen LogP contribution >= 0.6 is 23.6 Å². The van der Waals surface area contributed by atoms with Crippen molar-refractivity contribution in [3.05, 3.63) is 16.5 Å². The van der Waals surface area contributed by atoms with E-state index in [1.54, 1.807) is 0 Å². The number of methoxy groups -OCH3 is 1. The number of hydrogen-bond acceptors (Lipinski definition) is 4. The van der Waals surface area contributed by atoms with Crippen LogP contribution in [-0.2, 0) is 4.74 Å². The van der Waals surface area contributed by atoms with Crippen LogP contribution in [0.1, 0.15) is 55.3 Å². The summed E-state index contributed by atoms with van der Waals surface area (Å²) in [4.78, 5) is 12.9. The molecule has 0 radical (unpaired) electrons. The third kappa shape index (κ3) is 4.91. The third-order valence-electron chi connectivity index (χ3n) is 4.21. The predicted octanol–water partition coefficient (Wildman–Crippen LogP) is 4.34. The first-order valence-electron chi connectivity index (χ1n) is 7.96. The molecule has 1 aliphatic carbocycles. The van der Waals surface area contributed by atoms with Crippen molar-refractivity contribution >= 4 is 39.6 Å². The summed E-state index contributed by atoms with van der Waals surface area (Å²) in [5.74, 6) is 0.348. The molecule has 0 aromatic carbocycles. The number of hydrogen-bond donors (Lipinski definition) is 2. The number of carbonyl (C=O) groups is 1. The molecule has 0 saturated heterocycles. The number of nitrogens with one attached hydrogen (secondary N) is 2. The van der Waals surface area contributed by atoms with Gasteiger partial charge in [-0.1, -0.05) is 20.8 Å². The van der Waals surface area contributed by atoms with Gasteiger partial charge in [0.05, 0.1) is 12.7 Å². The van der Waals surface area contributed by atoms with Crippen LogP contribution in [0.15, 0.2) is 6.07 Å². The molecule has 2 unspecified atom stereocenters. The van der Waals surface area contributed by atoms with Crippen LogP contribution in [0.3, 0.4) is 0 Å². The number of thiophene rings is 1. The lowest BCUT2D eigenvalue weighted by atomic mass is 9.71. The summed E-state index contributed by atoms with van der Waals surface area (Å²) < 4.78 is 4.83. The van der Waals surface area contributed by atoms with Crippen LogP contribution in [0.5, 0.6) is 0 Å². The van der Waals surface area contributed by atoms with Gasteiger partial charge in [0.15, 0.2) is 5.11 Å². The number of esters is 1. The molecule has 2 N–H and O–H groups in total. The van der Waals surface area contributed by atoms with Crippen molar-refractivity contribution in [2.45, 2.75) is 53.0 Å². The van der Waals surface area contributed by atoms with E-state index < -0.39 is 0 Å². The molecule has 1 heterocycles. The molecule has 23 heavy (non-hydrogen) atoms. The zero-order valence-electron chi connectivity index (χ0n) is 14.5. The summed E-state index contributed by atoms with van der Waals surface area (Å²) in [6.07, 6.45) is 3.48. The Balaban J connectivity index is 2.01. The fourth-order valence-electron chi connectivity index (χ4n) is 3.65. The first kappa shape index (κ1) is 18.2. The van der Waals surface area contributed by atoms with Crippen molar-refractivity contribution in [2.75, 3.05) is 12.4 Å². The molecule has 1 aromatic rings. The molecule has 0 bridgehead atoms. The van der Waals surface area contributed by atoms with Gasteiger partial charge in [-0.25, -0.2) is 4.79 Å². The summed E-state index contributed by atoms with van der Waals surface area (Å²) in [6.45, 7) is 8.88. The number of anilines is 1. The molecule has 128 valence electrons. The molecule has 0 amide bonds. The fourth-order valence-corrected chi connectivity index (χ4v) is 4.89. The SMILES string of the molecule is COC(=O)c1cc(C)sc1NC(=S)NC1CC(C)CC(C)(C)C1. The van der Waals surface area contributed by atoms with Gasteiger partial charge in [-0.3, -0.25) is 0 Å². The summed E-state index contributed by atoms with van der Waals surface area (Å²) in [5, 5.41) is 7.92. The Morgan fingerprint density at radius 3 is 2.74 bits per heavy atom. The van der Waals surface area contributed by atoms with Gasteiger partial charge in [-0.05, 0) is 55.8 Å². The van der Waals surface area contributed by atoms with Crippen LogP contribution in [0.4, 0.5) is 5.00 Å². The van der Waals surface area contributed by atoms with E-state index in [0.717, 1.165) is 22.7 Å². The molecular formula is C17H26N2O2S2. The van der Waals surface area contributed by atoms with Crippen molar-refractivity contribution < 1.29 is 9.53 Å². The van der Waals surface area contributed by atoms with Gasteiger partial charge in [-0.15, -0.1) is 11.3 Å². The lowest BCUT2D eigenvalue weighted by Gasteiger charge is -2.39. The Hall–Kier alpha value is -1.14. The molecule has 2 atom stereocenters. The minimum atomic E-state index is -0.341. The van der Waals surface area contributed by atoms with E-state index in [1.807, 2.05) is 13.0 Å². The Morgan fingerprint density at radius 2 is 2.13 bits per heavy atom. The second-order valence-electron chi connectivity index (χ2n) is 7.30. The number of rotatable bonds is 3. The highest BCUT2D eigenvalue weighted by molar-refractivity contribution is 7.80. The molecule has 1 saturated carbocycles. The second-order valence-corrected chi connectivity index (χ2v) is 8.96. The normalized spacial score (nSPS) is 23.2. The Labute approximate surface area is 148 Å². The zero-order valence-corrected chi connectivity index (χ0v) is 16.1. The van der Waals surface area contributed by atoms with Gasteiger partial charge < -0.3 is 15.4 Å². The minimum absolute atomic E-state index is 0.335. The smallest absolute Gasteiger partial charge is 0.340 e. The van der Waals surface area contributed by atoms with Gasteiger partial charge in [0, 0.05) is 10.9 Å². The van der Waals surface area contributed by atoms with E-state index in [0.29, 0.717) is 28.1 Å². The average molecular weight is 355 g/mol. The zero-order chi connectivity index (χ0) is 17.2. The molecule has 1 aliphatic rings. The van der Waals surface area contributed by atoms with Gasteiger partial charge in [0.2, 0.25) is 0 Å². The Bertz CT molecular complexity index is 595. The average Bonchev–Trinajstić information content (AvgIpc) is 2.75. The van der Waals surface area contributed by atoms with Crippen LogP contribution in [0, 0.1) is 18.3 Å². The van der Waals surface area contributed by atoms with Gasteiger partial charge in [-0.2, -0.15) is 0 Å². The molecule has 2 rings (SSSR count). The molecule has 1 aromatic heterocycles. The van der Waals surface area contributed by atoms with Crippen LogP contribution in [0.2, 0.25) is 0 Å². The van der Waals surface area contributed by atoms with E-state index >= 15 is 0 Å². The van der Waals surface area contributed by atoms with E-state index in [-0.39, 0.29) is 5.97 Å². The topological polar surface area (TPSA) is 50.4 Å². The Morgan fingerprint density at radius 1 is 1.43 bits per heavy atom. The molecule has 4 nitrogen and oxygen atoms in total. The number of carbonyl (C=O) groups excluding carboxylic acids is 1. The summed E-state index contributed by atoms with van der Waals surface area (Å²) in [5.41, 5.74) is 0.873. The van der Waals surface area contributed by atoms with E-state index in [2.05, 4.69) is 31.4 Å². The highest BCUT2D eigenvalue weighted by atomic mass is 32.1. The lowest BCUT2D eigenvalue weighted by molar-refractivity contribution is 0.0602. The van der Waals surface area contributed by atoms with Gasteiger partial charge in [0.25, 0.3) is 0 Å². The van der Waals surface area contributed by atoms with Crippen molar-refractivity contribution in [2.24, 2.45) is 11.3 Å². The van der Waals surface area contributed by atoms with Gasteiger partial charge in [0.1, 0.15) is 5.00 Å². The highest BCUT2D eigenvalue weighted by Gasteiger charge is 2.32. The van der Waals surface area contributed by atoms with Crippen LogP contribution in [-0.4, -0.2) is 24.2 Å². The summed E-state index contributed by atoms with van der Waals surface area (Å²) in [7, 11) is 1.39. The quantitative estimate of drug-likeness (QED) is 0.624. The summed E-state index contributed by atoms with van der Waals surface area (Å²) >= 11 is 6.96. The van der Waals surface area contributed by atoms with Crippen molar-refractivity contribution in [3.8, 4) is 0 Å². The largest absolute Gasteiger partial charge is 0.465 e. The second kappa shape index (κ2) is 7.18. The van der Waals surface area contributed by atoms with Crippen LogP contribution < -0.4 is 10.6 Å². The predicted molar refractivity (Wildman–Crippen MR) is 100 cm³/mol. The molecule has 0 spiro atoms. The molecule has 0 aliphatic heterocycles. The molecule has 1 fully saturated rings. The standard InChI is InChI=1S/C17H26N2O2S2/c1-10-6-12(9-17(3,4)8-10)18-16(22)19-14-13(15(20)21-5)7-11(2)23-14/h7,10,12H,6,8-9H2,1-5H3,(H2,18,19,22). The van der Waals surface area contributed by atoms with E-state index in [1.165, 1.54) is 24.9 Å². The van der Waals surface area contributed by atoms with E-state index in [4.69, 9.17) is 17.0 Å². The summed E-state index contributed by atoms with van der Waals surface area (Å²) in [6, 6.07) is 2.20.